The molecule has 0 saturated carbocycles. The summed E-state index contributed by atoms with van der Waals surface area (Å²) in [6, 6.07) is 1.19. The van der Waals surface area contributed by atoms with Gasteiger partial charge in [-0.25, -0.2) is 4.79 Å². The lowest BCUT2D eigenvalue weighted by molar-refractivity contribution is 0.0691. The number of aromatic hydroxyl groups is 1. The van der Waals surface area contributed by atoms with E-state index >= 15 is 0 Å². The molecule has 0 atom stereocenters. The molecule has 0 radical (unpaired) electrons. The Kier molecular flexibility index (Phi) is 2.36. The van der Waals surface area contributed by atoms with Crippen LogP contribution in [-0.2, 0) is 6.54 Å². The Balaban J connectivity index is 3.48. The van der Waals surface area contributed by atoms with Crippen LogP contribution in [0.15, 0.2) is 17.1 Å². The summed E-state index contributed by atoms with van der Waals surface area (Å²) in [6.07, 6.45) is 1.35. The van der Waals surface area contributed by atoms with Crippen molar-refractivity contribution in [1.29, 1.82) is 0 Å². The summed E-state index contributed by atoms with van der Waals surface area (Å²) in [5.74, 6) is -1.91. The predicted octanol–water partition coefficient (Wildman–Crippen LogP) is 0.272. The van der Waals surface area contributed by atoms with Gasteiger partial charge in [0.2, 0.25) is 0 Å². The van der Waals surface area contributed by atoms with Crippen LogP contribution in [0.3, 0.4) is 0 Å². The van der Waals surface area contributed by atoms with Crippen molar-refractivity contribution in [1.82, 2.24) is 4.57 Å². The summed E-state index contributed by atoms with van der Waals surface area (Å²) in [5.41, 5.74) is -1.26. The van der Waals surface area contributed by atoms with E-state index in [9.17, 15) is 9.59 Å². The van der Waals surface area contributed by atoms with E-state index in [4.69, 9.17) is 10.2 Å². The quantitative estimate of drug-likeness (QED) is 0.689. The van der Waals surface area contributed by atoms with Crippen molar-refractivity contribution in [2.75, 3.05) is 0 Å². The highest BCUT2D eigenvalue weighted by Crippen LogP contribution is 2.10. The van der Waals surface area contributed by atoms with Gasteiger partial charge in [-0.3, -0.25) is 4.79 Å². The van der Waals surface area contributed by atoms with Gasteiger partial charge in [0.15, 0.2) is 5.56 Å². The molecule has 0 fully saturated rings. The van der Waals surface area contributed by atoms with Gasteiger partial charge >= 0.3 is 5.97 Å². The van der Waals surface area contributed by atoms with Crippen molar-refractivity contribution in [3.8, 4) is 5.75 Å². The Morgan fingerprint density at radius 3 is 2.69 bits per heavy atom. The van der Waals surface area contributed by atoms with Gasteiger partial charge in [0, 0.05) is 12.7 Å². The largest absolute Gasteiger partial charge is 0.507 e. The zero-order valence-electron chi connectivity index (χ0n) is 7.02. The van der Waals surface area contributed by atoms with Crippen molar-refractivity contribution in [2.45, 2.75) is 13.5 Å². The fraction of sp³-hybridized carbons (Fsp3) is 0.250. The average Bonchev–Trinajstić information content (AvgIpc) is 2.04. The molecule has 0 saturated heterocycles. The molecule has 2 N–H and O–H groups in total. The molecule has 13 heavy (non-hydrogen) atoms. The molecule has 0 spiro atoms. The highest BCUT2D eigenvalue weighted by Gasteiger charge is 2.15. The SMILES string of the molecule is CCn1ccc(O)c(C(=O)O)c1=O. The first-order chi connectivity index (χ1) is 6.07. The lowest BCUT2D eigenvalue weighted by Crippen LogP contribution is -2.25. The van der Waals surface area contributed by atoms with Crippen LogP contribution < -0.4 is 5.56 Å². The Labute approximate surface area is 73.9 Å². The number of nitrogens with zero attached hydrogens (tertiary/aromatic N) is 1. The summed E-state index contributed by atoms with van der Waals surface area (Å²) in [5, 5.41) is 17.7. The predicted molar refractivity (Wildman–Crippen MR) is 45.0 cm³/mol. The number of carboxylic acids is 1. The number of pyridine rings is 1. The van der Waals surface area contributed by atoms with E-state index in [-0.39, 0.29) is 0 Å². The van der Waals surface area contributed by atoms with Crippen LogP contribution in [0.2, 0.25) is 0 Å². The molecule has 0 aliphatic rings. The molecule has 1 aromatic heterocycles. The summed E-state index contributed by atoms with van der Waals surface area (Å²) >= 11 is 0. The number of rotatable bonds is 2. The lowest BCUT2D eigenvalue weighted by Gasteiger charge is -2.03. The van der Waals surface area contributed by atoms with Gasteiger partial charge in [0.1, 0.15) is 5.75 Å². The van der Waals surface area contributed by atoms with Crippen LogP contribution >= 0.6 is 0 Å². The summed E-state index contributed by atoms with van der Waals surface area (Å²) in [6.45, 7) is 2.09. The molecule has 1 rings (SSSR count). The fourth-order valence-corrected chi connectivity index (χ4v) is 1.01. The van der Waals surface area contributed by atoms with Gasteiger partial charge in [-0.15, -0.1) is 0 Å². The topological polar surface area (TPSA) is 79.5 Å². The van der Waals surface area contributed by atoms with E-state index in [0.717, 1.165) is 0 Å². The van der Waals surface area contributed by atoms with Crippen molar-refractivity contribution in [3.63, 3.8) is 0 Å². The zero-order valence-corrected chi connectivity index (χ0v) is 7.02. The average molecular weight is 183 g/mol. The molecule has 5 nitrogen and oxygen atoms in total. The van der Waals surface area contributed by atoms with E-state index < -0.39 is 22.8 Å². The first-order valence-corrected chi connectivity index (χ1v) is 3.73. The second-order valence-corrected chi connectivity index (χ2v) is 2.47. The van der Waals surface area contributed by atoms with Gasteiger partial charge < -0.3 is 14.8 Å². The maximum Gasteiger partial charge on any atom is 0.345 e. The number of hydrogen-bond donors (Lipinski definition) is 2. The number of aromatic nitrogens is 1. The van der Waals surface area contributed by atoms with Crippen molar-refractivity contribution < 1.29 is 15.0 Å². The van der Waals surface area contributed by atoms with E-state index in [1.165, 1.54) is 16.8 Å². The normalized spacial score (nSPS) is 9.92. The Hall–Kier alpha value is -1.78. The second kappa shape index (κ2) is 3.30. The Morgan fingerprint density at radius 1 is 1.62 bits per heavy atom. The van der Waals surface area contributed by atoms with Crippen molar-refractivity contribution in [2.24, 2.45) is 0 Å². The van der Waals surface area contributed by atoms with Gasteiger partial charge in [-0.2, -0.15) is 0 Å². The van der Waals surface area contributed by atoms with Crippen LogP contribution in [0.5, 0.6) is 5.75 Å². The standard InChI is InChI=1S/C8H9NO4/c1-2-9-4-3-5(10)6(7(9)11)8(12)13/h3-4,10H,2H2,1H3,(H,12,13). The van der Waals surface area contributed by atoms with Crippen LogP contribution in [0, 0.1) is 0 Å². The number of carbonyl (C=O) groups is 1. The molecule has 0 unspecified atom stereocenters. The number of carboxylic acid groups (broad SMARTS) is 1. The van der Waals surface area contributed by atoms with Crippen molar-refractivity contribution in [3.05, 3.63) is 28.2 Å². The Morgan fingerprint density at radius 2 is 2.23 bits per heavy atom. The minimum Gasteiger partial charge on any atom is -0.507 e. The van der Waals surface area contributed by atoms with E-state index in [0.29, 0.717) is 6.54 Å². The highest BCUT2D eigenvalue weighted by molar-refractivity contribution is 5.90. The van der Waals surface area contributed by atoms with Gasteiger partial charge in [0.25, 0.3) is 5.56 Å². The number of hydrogen-bond acceptors (Lipinski definition) is 3. The molecule has 0 aliphatic carbocycles. The van der Waals surface area contributed by atoms with Crippen molar-refractivity contribution >= 4 is 5.97 Å². The third-order valence-corrected chi connectivity index (χ3v) is 1.70. The monoisotopic (exact) mass is 183 g/mol. The molecular weight excluding hydrogens is 174 g/mol. The molecule has 1 aromatic rings. The molecule has 5 heteroatoms. The third-order valence-electron chi connectivity index (χ3n) is 1.70. The molecule has 0 aromatic carbocycles. The molecule has 1 heterocycles. The van der Waals surface area contributed by atoms with Gasteiger partial charge in [-0.05, 0) is 13.0 Å². The van der Waals surface area contributed by atoms with Crippen LogP contribution in [0.25, 0.3) is 0 Å². The zero-order chi connectivity index (χ0) is 10.0. The third kappa shape index (κ3) is 1.53. The van der Waals surface area contributed by atoms with Crippen LogP contribution in [0.4, 0.5) is 0 Å². The maximum absolute atomic E-state index is 11.3. The molecular formula is C8H9NO4. The number of aromatic carboxylic acids is 1. The smallest absolute Gasteiger partial charge is 0.345 e. The summed E-state index contributed by atoms with van der Waals surface area (Å²) < 4.78 is 1.21. The summed E-state index contributed by atoms with van der Waals surface area (Å²) in [4.78, 5) is 21.8. The fourth-order valence-electron chi connectivity index (χ4n) is 1.01. The summed E-state index contributed by atoms with van der Waals surface area (Å²) in [7, 11) is 0. The van der Waals surface area contributed by atoms with E-state index in [2.05, 4.69) is 0 Å². The second-order valence-electron chi connectivity index (χ2n) is 2.47. The van der Waals surface area contributed by atoms with Crippen LogP contribution in [-0.4, -0.2) is 20.7 Å². The van der Waals surface area contributed by atoms with Gasteiger partial charge in [0.05, 0.1) is 0 Å². The van der Waals surface area contributed by atoms with E-state index in [1.807, 2.05) is 0 Å². The lowest BCUT2D eigenvalue weighted by atomic mass is 10.2. The van der Waals surface area contributed by atoms with E-state index in [1.54, 1.807) is 6.92 Å². The molecule has 0 bridgehead atoms. The first kappa shape index (κ1) is 9.31. The Bertz CT molecular complexity index is 394. The van der Waals surface area contributed by atoms with Crippen LogP contribution in [0.1, 0.15) is 17.3 Å². The minimum atomic E-state index is -1.41. The minimum absolute atomic E-state index is 0.374. The molecule has 0 aliphatic heterocycles. The molecule has 70 valence electrons. The maximum atomic E-state index is 11.3. The number of aryl methyl sites for hydroxylation is 1. The highest BCUT2D eigenvalue weighted by atomic mass is 16.4. The molecule has 0 amide bonds. The first-order valence-electron chi connectivity index (χ1n) is 3.73. The van der Waals surface area contributed by atoms with Gasteiger partial charge in [-0.1, -0.05) is 0 Å².